The second-order valence-corrected chi connectivity index (χ2v) is 5.65. The van der Waals surface area contributed by atoms with Crippen LogP contribution in [-0.2, 0) is 4.74 Å². The van der Waals surface area contributed by atoms with E-state index in [1.807, 2.05) is 11.4 Å². The second-order valence-electron chi connectivity index (χ2n) is 4.74. The predicted octanol–water partition coefficient (Wildman–Crippen LogP) is 2.67. The summed E-state index contributed by atoms with van der Waals surface area (Å²) in [6.07, 6.45) is 3.94. The highest BCUT2D eigenvalue weighted by molar-refractivity contribution is 7.14. The van der Waals surface area contributed by atoms with Gasteiger partial charge in [-0.1, -0.05) is 0 Å². The van der Waals surface area contributed by atoms with E-state index in [9.17, 15) is 4.79 Å². The summed E-state index contributed by atoms with van der Waals surface area (Å²) in [5.74, 6) is 1.24. The maximum absolute atomic E-state index is 11.7. The third-order valence-electron chi connectivity index (χ3n) is 3.39. The first kappa shape index (κ1) is 13.8. The number of thiophene rings is 1. The predicted molar refractivity (Wildman–Crippen MR) is 82.4 cm³/mol. The highest BCUT2D eigenvalue weighted by atomic mass is 32.1. The van der Waals surface area contributed by atoms with Crippen molar-refractivity contribution < 1.29 is 9.53 Å². The molecule has 0 atom stereocenters. The number of hydrogen-bond donors (Lipinski definition) is 1. The molecule has 1 fully saturated rings. The zero-order chi connectivity index (χ0) is 14.7. The Morgan fingerprint density at radius 3 is 2.95 bits per heavy atom. The number of anilines is 3. The Morgan fingerprint density at radius 1 is 1.38 bits per heavy atom. The van der Waals surface area contributed by atoms with E-state index in [-0.39, 0.29) is 5.97 Å². The smallest absolute Gasteiger partial charge is 0.340 e. The van der Waals surface area contributed by atoms with E-state index < -0.39 is 0 Å². The van der Waals surface area contributed by atoms with Crippen molar-refractivity contribution in [3.63, 3.8) is 0 Å². The van der Waals surface area contributed by atoms with Gasteiger partial charge in [-0.25, -0.2) is 14.8 Å². The molecule has 0 aromatic carbocycles. The fraction of sp³-hybridized carbons (Fsp3) is 0.357. The fourth-order valence-corrected chi connectivity index (χ4v) is 3.11. The summed E-state index contributed by atoms with van der Waals surface area (Å²) >= 11 is 1.44. The van der Waals surface area contributed by atoms with Gasteiger partial charge < -0.3 is 15.0 Å². The summed E-state index contributed by atoms with van der Waals surface area (Å²) in [7, 11) is 1.37. The van der Waals surface area contributed by atoms with Crippen molar-refractivity contribution in [3.05, 3.63) is 29.4 Å². The number of nitrogens with zero attached hydrogens (tertiary/aromatic N) is 3. The summed E-state index contributed by atoms with van der Waals surface area (Å²) in [6, 6.07) is 3.65. The third-order valence-corrected chi connectivity index (χ3v) is 4.22. The van der Waals surface area contributed by atoms with Crippen molar-refractivity contribution in [1.29, 1.82) is 0 Å². The number of methoxy groups -OCH3 is 1. The minimum Gasteiger partial charge on any atom is -0.465 e. The van der Waals surface area contributed by atoms with E-state index in [1.54, 1.807) is 12.4 Å². The van der Waals surface area contributed by atoms with Gasteiger partial charge >= 0.3 is 5.97 Å². The average molecular weight is 304 g/mol. The Morgan fingerprint density at radius 2 is 2.19 bits per heavy atom. The van der Waals surface area contributed by atoms with Crippen LogP contribution in [0, 0.1) is 0 Å². The van der Waals surface area contributed by atoms with Crippen LogP contribution in [0.15, 0.2) is 23.8 Å². The van der Waals surface area contributed by atoms with Crippen molar-refractivity contribution in [2.24, 2.45) is 0 Å². The number of rotatable bonds is 4. The van der Waals surface area contributed by atoms with Crippen LogP contribution in [0.4, 0.5) is 16.6 Å². The average Bonchev–Trinajstić information content (AvgIpc) is 3.18. The minimum absolute atomic E-state index is 0.354. The molecule has 0 unspecified atom stereocenters. The SMILES string of the molecule is COC(=O)c1ccsc1Nc1cc(N2CCCC2)ncn1. The van der Waals surface area contributed by atoms with Crippen molar-refractivity contribution in [3.8, 4) is 0 Å². The van der Waals surface area contributed by atoms with Crippen LogP contribution in [0.3, 0.4) is 0 Å². The lowest BCUT2D eigenvalue weighted by Crippen LogP contribution is -2.19. The highest BCUT2D eigenvalue weighted by Gasteiger charge is 2.16. The van der Waals surface area contributed by atoms with Crippen LogP contribution >= 0.6 is 11.3 Å². The van der Waals surface area contributed by atoms with E-state index in [0.29, 0.717) is 11.4 Å². The normalized spacial score (nSPS) is 14.2. The zero-order valence-electron chi connectivity index (χ0n) is 11.7. The molecule has 2 aromatic rings. The van der Waals surface area contributed by atoms with E-state index in [2.05, 4.69) is 20.2 Å². The molecule has 0 spiro atoms. The highest BCUT2D eigenvalue weighted by Crippen LogP contribution is 2.28. The van der Waals surface area contributed by atoms with Crippen LogP contribution in [0.5, 0.6) is 0 Å². The Hall–Kier alpha value is -2.15. The van der Waals surface area contributed by atoms with Gasteiger partial charge in [0.2, 0.25) is 0 Å². The molecule has 6 nitrogen and oxygen atoms in total. The van der Waals surface area contributed by atoms with Gasteiger partial charge in [0.1, 0.15) is 23.0 Å². The van der Waals surface area contributed by atoms with Crippen molar-refractivity contribution in [2.75, 3.05) is 30.4 Å². The summed E-state index contributed by atoms with van der Waals surface area (Å²) < 4.78 is 4.76. The minimum atomic E-state index is -0.354. The molecule has 1 saturated heterocycles. The van der Waals surface area contributed by atoms with Gasteiger partial charge in [0.05, 0.1) is 12.7 Å². The van der Waals surface area contributed by atoms with Crippen LogP contribution in [-0.4, -0.2) is 36.1 Å². The first-order valence-corrected chi connectivity index (χ1v) is 7.66. The molecule has 110 valence electrons. The van der Waals surface area contributed by atoms with Crippen molar-refractivity contribution >= 4 is 33.9 Å². The number of aromatic nitrogens is 2. The Balaban J connectivity index is 1.80. The van der Waals surface area contributed by atoms with Crippen LogP contribution in [0.25, 0.3) is 0 Å². The van der Waals surface area contributed by atoms with E-state index >= 15 is 0 Å². The van der Waals surface area contributed by atoms with Gasteiger partial charge in [-0.05, 0) is 24.3 Å². The maximum atomic E-state index is 11.7. The maximum Gasteiger partial charge on any atom is 0.340 e. The molecule has 0 bridgehead atoms. The molecule has 3 heterocycles. The molecule has 1 aliphatic rings. The van der Waals surface area contributed by atoms with Crippen LogP contribution in [0.2, 0.25) is 0 Å². The van der Waals surface area contributed by atoms with Gasteiger partial charge in [0.25, 0.3) is 0 Å². The van der Waals surface area contributed by atoms with E-state index in [4.69, 9.17) is 4.74 Å². The standard InChI is InChI=1S/C14H16N4O2S/c1-20-14(19)10-4-7-21-13(10)17-11-8-12(16-9-15-11)18-5-2-3-6-18/h4,7-9H,2-3,5-6H2,1H3,(H,15,16,17). The molecule has 0 aliphatic carbocycles. The fourth-order valence-electron chi connectivity index (χ4n) is 2.33. The molecule has 1 N–H and O–H groups in total. The van der Waals surface area contributed by atoms with E-state index in [0.717, 1.165) is 23.9 Å². The quantitative estimate of drug-likeness (QED) is 0.876. The first-order valence-electron chi connectivity index (χ1n) is 6.78. The molecule has 0 saturated carbocycles. The Labute approximate surface area is 126 Å². The lowest BCUT2D eigenvalue weighted by atomic mass is 10.3. The van der Waals surface area contributed by atoms with Crippen molar-refractivity contribution in [2.45, 2.75) is 12.8 Å². The van der Waals surface area contributed by atoms with Crippen molar-refractivity contribution in [1.82, 2.24) is 9.97 Å². The molecular formula is C14H16N4O2S. The van der Waals surface area contributed by atoms with Gasteiger partial charge in [-0.15, -0.1) is 11.3 Å². The molecule has 1 aliphatic heterocycles. The van der Waals surface area contributed by atoms with Crippen LogP contribution in [0.1, 0.15) is 23.2 Å². The molecule has 0 radical (unpaired) electrons. The van der Waals surface area contributed by atoms with E-state index in [1.165, 1.54) is 31.3 Å². The summed E-state index contributed by atoms with van der Waals surface area (Å²) in [5, 5.41) is 5.75. The number of carbonyl (C=O) groups is 1. The number of esters is 1. The Kier molecular flexibility index (Phi) is 4.01. The molecular weight excluding hydrogens is 288 g/mol. The van der Waals surface area contributed by atoms with Gasteiger partial charge in [0.15, 0.2) is 0 Å². The summed E-state index contributed by atoms with van der Waals surface area (Å²) in [5.41, 5.74) is 0.517. The molecule has 21 heavy (non-hydrogen) atoms. The number of carbonyl (C=O) groups excluding carboxylic acids is 1. The molecule has 2 aromatic heterocycles. The van der Waals surface area contributed by atoms with Gasteiger partial charge in [0, 0.05) is 19.2 Å². The molecule has 7 heteroatoms. The number of ether oxygens (including phenoxy) is 1. The number of nitrogens with one attached hydrogen (secondary N) is 1. The summed E-state index contributed by atoms with van der Waals surface area (Å²) in [4.78, 5) is 22.4. The zero-order valence-corrected chi connectivity index (χ0v) is 12.5. The first-order chi connectivity index (χ1) is 10.3. The van der Waals surface area contributed by atoms with Gasteiger partial charge in [-0.2, -0.15) is 0 Å². The monoisotopic (exact) mass is 304 g/mol. The second kappa shape index (κ2) is 6.09. The van der Waals surface area contributed by atoms with Gasteiger partial charge in [-0.3, -0.25) is 0 Å². The number of hydrogen-bond acceptors (Lipinski definition) is 7. The molecule has 0 amide bonds. The molecule has 3 rings (SSSR count). The lowest BCUT2D eigenvalue weighted by Gasteiger charge is -2.16. The summed E-state index contributed by atoms with van der Waals surface area (Å²) in [6.45, 7) is 2.06. The largest absolute Gasteiger partial charge is 0.465 e. The third kappa shape index (κ3) is 2.97. The lowest BCUT2D eigenvalue weighted by molar-refractivity contribution is 0.0602. The van der Waals surface area contributed by atoms with Crippen LogP contribution < -0.4 is 10.2 Å². The topological polar surface area (TPSA) is 67.3 Å². The Bertz CT molecular complexity index is 637.